The Morgan fingerprint density at radius 3 is 2.64 bits per heavy atom. The Balaban J connectivity index is 1.77. The molecule has 3 rings (SSSR count). The van der Waals surface area contributed by atoms with Crippen LogP contribution in [0.3, 0.4) is 0 Å². The summed E-state index contributed by atoms with van der Waals surface area (Å²) in [7, 11) is 0.121. The summed E-state index contributed by atoms with van der Waals surface area (Å²) < 4.78 is 36.0. The number of methoxy groups -OCH3 is 2. The molecule has 12 heteroatoms. The average Bonchev–Trinajstić information content (AvgIpc) is 3.58. The number of carbonyl (C=O) groups excluding carboxylic acids is 1. The van der Waals surface area contributed by atoms with Crippen molar-refractivity contribution in [3.05, 3.63) is 51.9 Å². The van der Waals surface area contributed by atoms with Crippen LogP contribution in [0.1, 0.15) is 23.8 Å². The van der Waals surface area contributed by atoms with E-state index in [-0.39, 0.29) is 25.2 Å². The van der Waals surface area contributed by atoms with Crippen LogP contribution in [0.2, 0.25) is 0 Å². The molecule has 0 bridgehead atoms. The molecule has 1 aromatic heterocycles. The van der Waals surface area contributed by atoms with Gasteiger partial charge in [0.1, 0.15) is 13.4 Å². The van der Waals surface area contributed by atoms with Crippen LogP contribution >= 0.6 is 21.9 Å². The average molecular weight is 498 g/mol. The molecule has 3 N–H and O–H groups in total. The third-order valence-corrected chi connectivity index (χ3v) is 7.28. The molecule has 1 heterocycles. The number of anilines is 1. The van der Waals surface area contributed by atoms with Gasteiger partial charge in [-0.15, -0.1) is 10.6 Å². The number of carbonyl (C=O) groups is 1. The fourth-order valence-electron chi connectivity index (χ4n) is 2.62. The van der Waals surface area contributed by atoms with Crippen LogP contribution in [0.4, 0.5) is 5.13 Å². The van der Waals surface area contributed by atoms with Gasteiger partial charge in [0.05, 0.1) is 22.5 Å². The molecule has 0 fully saturated rings. The molecule has 0 unspecified atom stereocenters. The molecule has 0 aliphatic heterocycles. The Morgan fingerprint density at radius 2 is 2.00 bits per heavy atom. The fourth-order valence-corrected chi connectivity index (χ4v) is 4.77. The Hall–Kier alpha value is -2.32. The van der Waals surface area contributed by atoms with Gasteiger partial charge in [-0.3, -0.25) is 19.2 Å². The van der Waals surface area contributed by atoms with E-state index in [1.807, 2.05) is 0 Å². The summed E-state index contributed by atoms with van der Waals surface area (Å²) in [6.07, 6.45) is 3.68. The van der Waals surface area contributed by atoms with Crippen molar-refractivity contribution in [1.82, 2.24) is 4.98 Å². The second-order valence-electron chi connectivity index (χ2n) is 7.09. The van der Waals surface area contributed by atoms with E-state index in [0.29, 0.717) is 33.5 Å². The smallest absolute Gasteiger partial charge is 0.280 e. The van der Waals surface area contributed by atoms with Gasteiger partial charge in [-0.25, -0.2) is 4.98 Å². The first-order valence-corrected chi connectivity index (χ1v) is 12.3. The van der Waals surface area contributed by atoms with E-state index in [1.54, 1.807) is 50.6 Å². The van der Waals surface area contributed by atoms with E-state index in [9.17, 15) is 13.9 Å². The fraction of sp³-hybridized carbons (Fsp3) is 0.381. The third kappa shape index (κ3) is 7.08. The molecule has 1 aromatic carbocycles. The molecule has 1 aliphatic carbocycles. The van der Waals surface area contributed by atoms with Gasteiger partial charge in [0, 0.05) is 37.3 Å². The summed E-state index contributed by atoms with van der Waals surface area (Å²) >= 11 is 1.29. The van der Waals surface area contributed by atoms with Crippen molar-refractivity contribution in [2.75, 3.05) is 32.9 Å². The van der Waals surface area contributed by atoms with Gasteiger partial charge in [0.25, 0.3) is 5.91 Å². The third-order valence-electron chi connectivity index (χ3n) is 4.40. The van der Waals surface area contributed by atoms with Crippen LogP contribution in [0.15, 0.2) is 51.5 Å². The first-order chi connectivity index (χ1) is 15.8. The number of nitrogens with zero attached hydrogens (tertiary/aromatic N) is 2. The molecule has 0 spiro atoms. The zero-order chi connectivity index (χ0) is 23.8. The Kier molecular flexibility index (Phi) is 8.97. The van der Waals surface area contributed by atoms with Crippen LogP contribution in [0.25, 0.3) is 0 Å². The van der Waals surface area contributed by atoms with E-state index in [0.717, 1.165) is 4.88 Å². The number of allylic oxidation sites excluding steroid dienone is 2. The molecule has 1 amide bonds. The topological polar surface area (TPSA) is 132 Å². The minimum atomic E-state index is -2.98. The lowest BCUT2D eigenvalue weighted by atomic mass is 10.1. The molecule has 0 saturated carbocycles. The Bertz CT molecular complexity index is 1010. The van der Waals surface area contributed by atoms with Crippen LogP contribution in [-0.2, 0) is 30.4 Å². The normalized spacial score (nSPS) is 15.1. The number of hydrogen-bond donors (Lipinski definition) is 3. The molecule has 1 aliphatic rings. The summed E-state index contributed by atoms with van der Waals surface area (Å²) in [6.45, 7) is 2.39. The number of thiazole rings is 1. The van der Waals surface area contributed by atoms with Gasteiger partial charge in [0.15, 0.2) is 10.8 Å². The maximum Gasteiger partial charge on any atom is 0.280 e. The van der Waals surface area contributed by atoms with Crippen molar-refractivity contribution >= 4 is 38.7 Å². The summed E-state index contributed by atoms with van der Waals surface area (Å²) in [5.41, 5.74) is 0.446. The van der Waals surface area contributed by atoms with E-state index >= 15 is 0 Å². The highest BCUT2D eigenvalue weighted by Crippen LogP contribution is 2.61. The molecule has 2 aromatic rings. The second kappa shape index (κ2) is 11.7. The van der Waals surface area contributed by atoms with Crippen molar-refractivity contribution in [1.29, 1.82) is 0 Å². The predicted octanol–water partition coefficient (Wildman–Crippen LogP) is 4.06. The number of hydrogen-bond acceptors (Lipinski definition) is 10. The highest BCUT2D eigenvalue weighted by atomic mass is 32.3. The van der Waals surface area contributed by atoms with Crippen LogP contribution in [0.5, 0.6) is 0 Å². The zero-order valence-corrected chi connectivity index (χ0v) is 20.1. The lowest BCUT2D eigenvalue weighted by molar-refractivity contribution is -0.110. The van der Waals surface area contributed by atoms with E-state index in [4.69, 9.17) is 19.0 Å². The van der Waals surface area contributed by atoms with E-state index in [2.05, 4.69) is 15.5 Å². The number of nitrogens with one attached hydrogen (secondary N) is 1. The van der Waals surface area contributed by atoms with Gasteiger partial charge >= 0.3 is 0 Å². The lowest BCUT2D eigenvalue weighted by Crippen LogP contribution is -2.25. The van der Waals surface area contributed by atoms with Gasteiger partial charge in [-0.05, 0) is 19.1 Å². The monoisotopic (exact) mass is 497 g/mol. The molecule has 1 atom stereocenters. The zero-order valence-electron chi connectivity index (χ0n) is 18.5. The Morgan fingerprint density at radius 1 is 1.27 bits per heavy atom. The van der Waals surface area contributed by atoms with Gasteiger partial charge in [-0.1, -0.05) is 34.7 Å². The molecule has 33 heavy (non-hydrogen) atoms. The highest BCUT2D eigenvalue weighted by Gasteiger charge is 2.27. The van der Waals surface area contributed by atoms with Crippen molar-refractivity contribution in [3.8, 4) is 0 Å². The first-order valence-electron chi connectivity index (χ1n) is 9.98. The van der Waals surface area contributed by atoms with Crippen molar-refractivity contribution in [2.24, 2.45) is 5.16 Å². The summed E-state index contributed by atoms with van der Waals surface area (Å²) in [5.74, 6) is -0.525. The number of oxime groups is 1. The number of ether oxygens (including phenoxy) is 3. The lowest BCUT2D eigenvalue weighted by Gasteiger charge is -2.30. The maximum absolute atomic E-state index is 13.0. The number of amides is 1. The van der Waals surface area contributed by atoms with Crippen molar-refractivity contribution < 1.29 is 32.9 Å². The SMILES string of the molecule is COCO[C@H](C)CON=C(C(=O)Nc1ncc(COC)s1)c1ccc(S(O)(O)C2=CC2)cc1. The molecule has 10 nitrogen and oxygen atoms in total. The van der Waals surface area contributed by atoms with Crippen LogP contribution < -0.4 is 5.32 Å². The largest absolute Gasteiger partial charge is 0.392 e. The van der Waals surface area contributed by atoms with E-state index < -0.39 is 16.5 Å². The van der Waals surface area contributed by atoms with Gasteiger partial charge in [0.2, 0.25) is 0 Å². The molecular formula is C21H27N3O7S2. The molecule has 180 valence electrons. The van der Waals surface area contributed by atoms with E-state index in [1.165, 1.54) is 18.4 Å². The summed E-state index contributed by atoms with van der Waals surface area (Å²) in [6, 6.07) is 6.32. The predicted molar refractivity (Wildman–Crippen MR) is 127 cm³/mol. The minimum Gasteiger partial charge on any atom is -0.392 e. The van der Waals surface area contributed by atoms with Gasteiger partial charge < -0.3 is 19.0 Å². The maximum atomic E-state index is 13.0. The number of rotatable bonds is 13. The van der Waals surface area contributed by atoms with Crippen LogP contribution in [0, 0.1) is 0 Å². The van der Waals surface area contributed by atoms with Crippen molar-refractivity contribution in [3.63, 3.8) is 0 Å². The number of benzene rings is 1. The van der Waals surface area contributed by atoms with Gasteiger partial charge in [-0.2, -0.15) is 0 Å². The van der Waals surface area contributed by atoms with Crippen molar-refractivity contribution in [2.45, 2.75) is 31.0 Å². The molecular weight excluding hydrogens is 470 g/mol. The summed E-state index contributed by atoms with van der Waals surface area (Å²) in [5, 5.41) is 7.13. The van der Waals surface area contributed by atoms with Crippen LogP contribution in [-0.4, -0.2) is 59.4 Å². The standard InChI is InChI=1S/C21H27N3O7S2/c1-14(30-13-29-3)11-31-24-19(20(25)23-21-22-10-16(32-21)12-28-2)15-4-6-17(7-5-15)33(26,27)18-8-9-18/h4-8,10,14,26-27H,9,11-13H2,1-3H3,(H,22,23,25)/t14-/m1/s1. The molecule has 0 radical (unpaired) electrons. The number of aromatic nitrogens is 1. The highest BCUT2D eigenvalue weighted by molar-refractivity contribution is 8.27. The first kappa shape index (κ1) is 25.3. The second-order valence-corrected chi connectivity index (χ2v) is 10.3. The molecule has 0 saturated heterocycles. The summed E-state index contributed by atoms with van der Waals surface area (Å²) in [4.78, 5) is 24.4. The quantitative estimate of drug-likeness (QED) is 0.214. The minimum absolute atomic E-state index is 0.00565. The Labute approximate surface area is 197 Å².